The van der Waals surface area contributed by atoms with E-state index in [1.54, 1.807) is 43.7 Å². The minimum Gasteiger partial charge on any atom is -0.357 e. The highest BCUT2D eigenvalue weighted by Gasteiger charge is 2.32. The number of aryl methyl sites for hydroxylation is 1. The van der Waals surface area contributed by atoms with Crippen LogP contribution in [0.25, 0.3) is 0 Å². The molecule has 2 N–H and O–H groups in total. The summed E-state index contributed by atoms with van der Waals surface area (Å²) < 4.78 is 41.0. The Bertz CT molecular complexity index is 1330. The van der Waals surface area contributed by atoms with Crippen LogP contribution >= 0.6 is 0 Å². The molecule has 192 valence electrons. The Kier molecular flexibility index (Phi) is 7.79. The summed E-state index contributed by atoms with van der Waals surface area (Å²) in [7, 11) is 3.72. The standard InChI is InChI=1S/C28H28F3N5O/c1-18-4-6-22(12-21(18)7-5-19-16-33-27(32-2)34-17-19)26(37)35-25-14-23(13-24(15-25)28(29,30)31)20-8-10-36(3)11-9-20/h4,6,12-17,20H,8-11H2,1-3H3,(H,35,37)(H,32,33,34). The molecule has 1 aliphatic rings. The first-order chi connectivity index (χ1) is 17.6. The summed E-state index contributed by atoms with van der Waals surface area (Å²) in [6.07, 6.45) is 0.213. The Hall–Kier alpha value is -3.90. The molecule has 6 nitrogen and oxygen atoms in total. The summed E-state index contributed by atoms with van der Waals surface area (Å²) in [5, 5.41) is 5.50. The number of carbonyl (C=O) groups excluding carboxylic acids is 1. The fourth-order valence-electron chi connectivity index (χ4n) is 4.23. The lowest BCUT2D eigenvalue weighted by Gasteiger charge is -2.29. The second kappa shape index (κ2) is 11.0. The van der Waals surface area contributed by atoms with Gasteiger partial charge in [-0.05, 0) is 87.3 Å². The Morgan fingerprint density at radius 2 is 1.76 bits per heavy atom. The number of rotatable bonds is 4. The first-order valence-corrected chi connectivity index (χ1v) is 12.0. The van der Waals surface area contributed by atoms with Crippen molar-refractivity contribution in [2.75, 3.05) is 37.8 Å². The molecule has 0 unspecified atom stereocenters. The van der Waals surface area contributed by atoms with E-state index in [9.17, 15) is 18.0 Å². The molecule has 3 aromatic rings. The SMILES string of the molecule is CNc1ncc(C#Cc2cc(C(=O)Nc3cc(C4CCN(C)CC4)cc(C(F)(F)F)c3)ccc2C)cn1. The number of carbonyl (C=O) groups is 1. The van der Waals surface area contributed by atoms with Gasteiger partial charge in [-0.3, -0.25) is 4.79 Å². The fourth-order valence-corrected chi connectivity index (χ4v) is 4.23. The largest absolute Gasteiger partial charge is 0.416 e. The zero-order chi connectivity index (χ0) is 26.6. The number of hydrogen-bond donors (Lipinski definition) is 2. The number of aromatic nitrogens is 2. The summed E-state index contributed by atoms with van der Waals surface area (Å²) in [6, 6.07) is 8.87. The number of nitrogens with one attached hydrogen (secondary N) is 2. The van der Waals surface area contributed by atoms with E-state index in [0.29, 0.717) is 28.2 Å². The highest BCUT2D eigenvalue weighted by atomic mass is 19.4. The lowest BCUT2D eigenvalue weighted by Crippen LogP contribution is -2.29. The summed E-state index contributed by atoms with van der Waals surface area (Å²) >= 11 is 0. The Balaban J connectivity index is 1.58. The van der Waals surface area contributed by atoms with Gasteiger partial charge < -0.3 is 15.5 Å². The van der Waals surface area contributed by atoms with Crippen LogP contribution in [0.15, 0.2) is 48.8 Å². The van der Waals surface area contributed by atoms with Gasteiger partial charge >= 0.3 is 6.18 Å². The third kappa shape index (κ3) is 6.66. The molecule has 0 aliphatic carbocycles. The predicted molar refractivity (Wildman–Crippen MR) is 138 cm³/mol. The molecule has 1 amide bonds. The van der Waals surface area contributed by atoms with Gasteiger partial charge in [0.15, 0.2) is 0 Å². The van der Waals surface area contributed by atoms with Gasteiger partial charge in [-0.15, -0.1) is 0 Å². The van der Waals surface area contributed by atoms with E-state index in [-0.39, 0.29) is 11.6 Å². The third-order valence-corrected chi connectivity index (χ3v) is 6.45. The zero-order valence-corrected chi connectivity index (χ0v) is 20.9. The van der Waals surface area contributed by atoms with Crippen molar-refractivity contribution in [2.45, 2.75) is 31.9 Å². The number of amides is 1. The van der Waals surface area contributed by atoms with E-state index >= 15 is 0 Å². The average molecular weight is 508 g/mol. The molecule has 37 heavy (non-hydrogen) atoms. The number of halogens is 3. The topological polar surface area (TPSA) is 70.2 Å². The van der Waals surface area contributed by atoms with Crippen LogP contribution in [0.2, 0.25) is 0 Å². The minimum absolute atomic E-state index is 0.0153. The third-order valence-electron chi connectivity index (χ3n) is 6.45. The molecule has 1 fully saturated rings. The summed E-state index contributed by atoms with van der Waals surface area (Å²) in [5.41, 5.74) is 2.36. The van der Waals surface area contributed by atoms with Crippen molar-refractivity contribution in [2.24, 2.45) is 0 Å². The second-order valence-corrected chi connectivity index (χ2v) is 9.20. The first kappa shape index (κ1) is 26.2. The molecule has 0 spiro atoms. The number of benzene rings is 2. The maximum Gasteiger partial charge on any atom is 0.416 e. The van der Waals surface area contributed by atoms with Gasteiger partial charge in [-0.1, -0.05) is 17.9 Å². The van der Waals surface area contributed by atoms with Crippen molar-refractivity contribution in [3.05, 3.63) is 82.2 Å². The van der Waals surface area contributed by atoms with E-state index in [1.807, 2.05) is 14.0 Å². The van der Waals surface area contributed by atoms with Crippen LogP contribution in [0.3, 0.4) is 0 Å². The van der Waals surface area contributed by atoms with Crippen molar-refractivity contribution < 1.29 is 18.0 Å². The van der Waals surface area contributed by atoms with Crippen molar-refractivity contribution in [3.63, 3.8) is 0 Å². The average Bonchev–Trinajstić information content (AvgIpc) is 2.88. The number of anilines is 2. The van der Waals surface area contributed by atoms with Crippen LogP contribution in [0, 0.1) is 18.8 Å². The fraction of sp³-hybridized carbons (Fsp3) is 0.321. The second-order valence-electron chi connectivity index (χ2n) is 9.20. The lowest BCUT2D eigenvalue weighted by molar-refractivity contribution is -0.137. The van der Waals surface area contributed by atoms with Crippen molar-refractivity contribution in [1.29, 1.82) is 0 Å². The number of nitrogens with zero attached hydrogens (tertiary/aromatic N) is 3. The van der Waals surface area contributed by atoms with Crippen molar-refractivity contribution in [1.82, 2.24) is 14.9 Å². The highest BCUT2D eigenvalue weighted by Crippen LogP contribution is 2.36. The van der Waals surface area contributed by atoms with E-state index in [0.717, 1.165) is 37.6 Å². The van der Waals surface area contributed by atoms with Crippen LogP contribution in [-0.2, 0) is 6.18 Å². The molecular weight excluding hydrogens is 479 g/mol. The van der Waals surface area contributed by atoms with Crippen LogP contribution in [-0.4, -0.2) is 48.0 Å². The molecule has 1 saturated heterocycles. The molecule has 0 saturated carbocycles. The van der Waals surface area contributed by atoms with E-state index in [4.69, 9.17) is 0 Å². The van der Waals surface area contributed by atoms with E-state index in [1.165, 1.54) is 6.07 Å². The van der Waals surface area contributed by atoms with E-state index < -0.39 is 17.6 Å². The molecule has 0 atom stereocenters. The normalized spacial score (nSPS) is 14.5. The number of alkyl halides is 3. The molecule has 2 heterocycles. The van der Waals surface area contributed by atoms with Gasteiger partial charge in [0, 0.05) is 36.3 Å². The predicted octanol–water partition coefficient (Wildman–Crippen LogP) is 5.31. The van der Waals surface area contributed by atoms with Gasteiger partial charge in [0.25, 0.3) is 5.91 Å². The molecule has 1 aromatic heterocycles. The van der Waals surface area contributed by atoms with E-state index in [2.05, 4.69) is 37.3 Å². The lowest BCUT2D eigenvalue weighted by atomic mass is 9.88. The van der Waals surface area contributed by atoms with Crippen molar-refractivity contribution in [3.8, 4) is 11.8 Å². The minimum atomic E-state index is -4.51. The molecule has 0 bridgehead atoms. The number of piperidine rings is 1. The highest BCUT2D eigenvalue weighted by molar-refractivity contribution is 6.04. The van der Waals surface area contributed by atoms with Gasteiger partial charge in [-0.2, -0.15) is 13.2 Å². The van der Waals surface area contributed by atoms with Crippen LogP contribution in [0.4, 0.5) is 24.8 Å². The quantitative estimate of drug-likeness (QED) is 0.469. The van der Waals surface area contributed by atoms with Crippen LogP contribution in [0.1, 0.15) is 56.9 Å². The molecule has 9 heteroatoms. The maximum absolute atomic E-state index is 13.7. The molecule has 1 aliphatic heterocycles. The molecule has 2 aromatic carbocycles. The summed E-state index contributed by atoms with van der Waals surface area (Å²) in [5.74, 6) is 6.00. The van der Waals surface area contributed by atoms with Crippen LogP contribution < -0.4 is 10.6 Å². The Morgan fingerprint density at radius 3 is 2.41 bits per heavy atom. The van der Waals surface area contributed by atoms with Crippen LogP contribution in [0.5, 0.6) is 0 Å². The first-order valence-electron chi connectivity index (χ1n) is 12.0. The number of likely N-dealkylation sites (tertiary alicyclic amines) is 1. The monoisotopic (exact) mass is 507 g/mol. The molecule has 4 rings (SSSR count). The summed E-state index contributed by atoms with van der Waals surface area (Å²) in [4.78, 5) is 23.4. The van der Waals surface area contributed by atoms with Gasteiger partial charge in [0.1, 0.15) is 0 Å². The van der Waals surface area contributed by atoms with Gasteiger partial charge in [-0.25, -0.2) is 9.97 Å². The maximum atomic E-state index is 13.7. The molecular formula is C28H28F3N5O. The van der Waals surface area contributed by atoms with Gasteiger partial charge in [0.05, 0.1) is 11.1 Å². The Morgan fingerprint density at radius 1 is 1.05 bits per heavy atom. The zero-order valence-electron chi connectivity index (χ0n) is 20.9. The van der Waals surface area contributed by atoms with Gasteiger partial charge in [0.2, 0.25) is 5.95 Å². The van der Waals surface area contributed by atoms with Crippen molar-refractivity contribution >= 4 is 17.5 Å². The Labute approximate surface area is 214 Å². The molecule has 0 radical (unpaired) electrons. The number of hydrogen-bond acceptors (Lipinski definition) is 5. The summed E-state index contributed by atoms with van der Waals surface area (Å²) in [6.45, 7) is 3.51. The smallest absolute Gasteiger partial charge is 0.357 e.